The van der Waals surface area contributed by atoms with Crippen molar-refractivity contribution in [3.63, 3.8) is 0 Å². The van der Waals surface area contributed by atoms with Crippen LogP contribution in [0.1, 0.15) is 21.6 Å². The SMILES string of the molecule is Cc1ccc(NC(=O)c2cccn2C)c(C#CCO)c1. The van der Waals surface area contributed by atoms with Crippen LogP contribution in [0.4, 0.5) is 5.69 Å². The van der Waals surface area contributed by atoms with Crippen LogP contribution in [-0.2, 0) is 7.05 Å². The minimum Gasteiger partial charge on any atom is -0.384 e. The molecule has 20 heavy (non-hydrogen) atoms. The summed E-state index contributed by atoms with van der Waals surface area (Å²) in [5, 5.41) is 11.6. The fourth-order valence-electron chi connectivity index (χ4n) is 1.89. The molecule has 0 spiro atoms. The number of aromatic nitrogens is 1. The van der Waals surface area contributed by atoms with Gasteiger partial charge >= 0.3 is 0 Å². The predicted octanol–water partition coefficient (Wildman–Crippen LogP) is 1.93. The molecule has 1 amide bonds. The van der Waals surface area contributed by atoms with Crippen molar-refractivity contribution in [1.82, 2.24) is 4.57 Å². The van der Waals surface area contributed by atoms with E-state index in [1.54, 1.807) is 10.6 Å². The van der Waals surface area contributed by atoms with Crippen molar-refractivity contribution >= 4 is 11.6 Å². The maximum absolute atomic E-state index is 12.2. The number of aliphatic hydroxyl groups is 1. The van der Waals surface area contributed by atoms with Gasteiger partial charge in [-0.3, -0.25) is 4.79 Å². The molecule has 2 N–H and O–H groups in total. The Morgan fingerprint density at radius 1 is 1.40 bits per heavy atom. The van der Waals surface area contributed by atoms with Crippen molar-refractivity contribution < 1.29 is 9.90 Å². The summed E-state index contributed by atoms with van der Waals surface area (Å²) in [4.78, 5) is 12.2. The Balaban J connectivity index is 2.29. The fourth-order valence-corrected chi connectivity index (χ4v) is 1.89. The molecular weight excluding hydrogens is 252 g/mol. The molecule has 1 aromatic heterocycles. The molecule has 4 heteroatoms. The number of nitrogens with one attached hydrogen (secondary N) is 1. The summed E-state index contributed by atoms with van der Waals surface area (Å²) in [5.74, 6) is 5.26. The van der Waals surface area contributed by atoms with Gasteiger partial charge in [-0.2, -0.15) is 0 Å². The molecule has 0 aliphatic rings. The van der Waals surface area contributed by atoms with Gasteiger partial charge in [0.25, 0.3) is 5.91 Å². The third-order valence-electron chi connectivity index (χ3n) is 2.90. The van der Waals surface area contributed by atoms with E-state index in [9.17, 15) is 4.79 Å². The average molecular weight is 268 g/mol. The van der Waals surface area contributed by atoms with Crippen molar-refractivity contribution in [2.24, 2.45) is 7.05 Å². The van der Waals surface area contributed by atoms with Gasteiger partial charge in [-0.15, -0.1) is 0 Å². The summed E-state index contributed by atoms with van der Waals surface area (Å²) in [6.07, 6.45) is 1.82. The first-order chi connectivity index (χ1) is 9.61. The molecule has 0 fully saturated rings. The van der Waals surface area contributed by atoms with E-state index in [2.05, 4.69) is 17.2 Å². The maximum atomic E-state index is 12.2. The van der Waals surface area contributed by atoms with E-state index in [0.29, 0.717) is 16.9 Å². The maximum Gasteiger partial charge on any atom is 0.272 e. The number of carbonyl (C=O) groups excluding carboxylic acids is 1. The van der Waals surface area contributed by atoms with Gasteiger partial charge in [-0.1, -0.05) is 17.9 Å². The quantitative estimate of drug-likeness (QED) is 0.818. The summed E-state index contributed by atoms with van der Waals surface area (Å²) >= 11 is 0. The van der Waals surface area contributed by atoms with Gasteiger partial charge in [0.2, 0.25) is 0 Å². The molecule has 2 aromatic rings. The number of hydrogen-bond acceptors (Lipinski definition) is 2. The van der Waals surface area contributed by atoms with Crippen LogP contribution in [0, 0.1) is 18.8 Å². The summed E-state index contributed by atoms with van der Waals surface area (Å²) in [6.45, 7) is 1.74. The Morgan fingerprint density at radius 2 is 2.20 bits per heavy atom. The molecule has 0 aliphatic carbocycles. The Hall–Kier alpha value is -2.51. The highest BCUT2D eigenvalue weighted by Crippen LogP contribution is 2.17. The van der Waals surface area contributed by atoms with Crippen LogP contribution >= 0.6 is 0 Å². The molecule has 0 atom stereocenters. The third kappa shape index (κ3) is 3.08. The average Bonchev–Trinajstić information content (AvgIpc) is 2.85. The molecule has 4 nitrogen and oxygen atoms in total. The number of aryl methyl sites for hydroxylation is 2. The fraction of sp³-hybridized carbons (Fsp3) is 0.188. The Labute approximate surface area is 118 Å². The largest absolute Gasteiger partial charge is 0.384 e. The minimum absolute atomic E-state index is 0.187. The first-order valence-electron chi connectivity index (χ1n) is 6.25. The van der Waals surface area contributed by atoms with Crippen molar-refractivity contribution in [2.45, 2.75) is 6.92 Å². The second-order valence-electron chi connectivity index (χ2n) is 4.47. The summed E-state index contributed by atoms with van der Waals surface area (Å²) in [7, 11) is 1.82. The standard InChI is InChI=1S/C16H16N2O2/c1-12-7-8-14(13(11-12)5-4-10-19)17-16(20)15-6-3-9-18(15)2/h3,6-9,11,19H,10H2,1-2H3,(H,17,20). The topological polar surface area (TPSA) is 54.3 Å². The number of anilines is 1. The highest BCUT2D eigenvalue weighted by atomic mass is 16.2. The molecule has 1 heterocycles. The molecule has 0 saturated heterocycles. The van der Waals surface area contributed by atoms with Gasteiger partial charge < -0.3 is 15.0 Å². The second kappa shape index (κ2) is 6.09. The molecule has 0 radical (unpaired) electrons. The van der Waals surface area contributed by atoms with E-state index in [4.69, 9.17) is 5.11 Å². The van der Waals surface area contributed by atoms with Crippen molar-refractivity contribution in [3.8, 4) is 11.8 Å². The van der Waals surface area contributed by atoms with E-state index in [1.165, 1.54) is 0 Å². The lowest BCUT2D eigenvalue weighted by molar-refractivity contribution is 0.101. The van der Waals surface area contributed by atoms with Crippen LogP contribution in [0.15, 0.2) is 36.5 Å². The molecule has 1 aromatic carbocycles. The molecule has 0 unspecified atom stereocenters. The van der Waals surface area contributed by atoms with Crippen molar-refractivity contribution in [1.29, 1.82) is 0 Å². The third-order valence-corrected chi connectivity index (χ3v) is 2.90. The van der Waals surface area contributed by atoms with E-state index in [0.717, 1.165) is 5.56 Å². The minimum atomic E-state index is -0.209. The number of rotatable bonds is 2. The number of carbonyl (C=O) groups is 1. The number of aliphatic hydroxyl groups excluding tert-OH is 1. The molecule has 0 aliphatic heterocycles. The zero-order chi connectivity index (χ0) is 14.5. The highest BCUT2D eigenvalue weighted by molar-refractivity contribution is 6.03. The highest BCUT2D eigenvalue weighted by Gasteiger charge is 2.10. The zero-order valence-corrected chi connectivity index (χ0v) is 11.5. The van der Waals surface area contributed by atoms with Crippen LogP contribution < -0.4 is 5.32 Å². The smallest absolute Gasteiger partial charge is 0.272 e. The molecule has 102 valence electrons. The monoisotopic (exact) mass is 268 g/mol. The van der Waals surface area contributed by atoms with E-state index >= 15 is 0 Å². The van der Waals surface area contributed by atoms with E-state index < -0.39 is 0 Å². The first kappa shape index (κ1) is 13.9. The number of benzene rings is 1. The summed E-state index contributed by atoms with van der Waals surface area (Å²) in [5.41, 5.74) is 2.96. The Bertz CT molecular complexity index is 690. The Morgan fingerprint density at radius 3 is 2.85 bits per heavy atom. The summed E-state index contributed by atoms with van der Waals surface area (Å²) < 4.78 is 1.75. The number of nitrogens with zero attached hydrogens (tertiary/aromatic N) is 1. The summed E-state index contributed by atoms with van der Waals surface area (Å²) in [6, 6.07) is 9.17. The van der Waals surface area contributed by atoms with Crippen LogP contribution in [-0.4, -0.2) is 22.2 Å². The van der Waals surface area contributed by atoms with Gasteiger partial charge in [0, 0.05) is 18.8 Å². The van der Waals surface area contributed by atoms with Crippen LogP contribution in [0.3, 0.4) is 0 Å². The molecule has 2 rings (SSSR count). The predicted molar refractivity (Wildman–Crippen MR) is 78.5 cm³/mol. The molecule has 0 saturated carbocycles. The van der Waals surface area contributed by atoms with Gasteiger partial charge in [-0.05, 0) is 36.8 Å². The van der Waals surface area contributed by atoms with Gasteiger partial charge in [0.1, 0.15) is 12.3 Å². The zero-order valence-electron chi connectivity index (χ0n) is 11.5. The first-order valence-corrected chi connectivity index (χ1v) is 6.25. The van der Waals surface area contributed by atoms with Crippen LogP contribution in [0.5, 0.6) is 0 Å². The second-order valence-corrected chi connectivity index (χ2v) is 4.47. The number of amides is 1. The van der Waals surface area contributed by atoms with Crippen LogP contribution in [0.2, 0.25) is 0 Å². The van der Waals surface area contributed by atoms with Gasteiger partial charge in [0.05, 0.1) is 5.69 Å². The van der Waals surface area contributed by atoms with Gasteiger partial charge in [0.15, 0.2) is 0 Å². The lowest BCUT2D eigenvalue weighted by Crippen LogP contribution is -2.16. The van der Waals surface area contributed by atoms with E-state index in [-0.39, 0.29) is 12.5 Å². The van der Waals surface area contributed by atoms with Gasteiger partial charge in [-0.25, -0.2) is 0 Å². The van der Waals surface area contributed by atoms with Crippen molar-refractivity contribution in [2.75, 3.05) is 11.9 Å². The molecular formula is C16H16N2O2. The van der Waals surface area contributed by atoms with E-state index in [1.807, 2.05) is 44.4 Å². The number of hydrogen-bond donors (Lipinski definition) is 2. The Kier molecular flexibility index (Phi) is 4.24. The van der Waals surface area contributed by atoms with Crippen molar-refractivity contribution in [3.05, 3.63) is 53.3 Å². The molecule has 0 bridgehead atoms. The lowest BCUT2D eigenvalue weighted by atomic mass is 10.1. The lowest BCUT2D eigenvalue weighted by Gasteiger charge is -2.09. The van der Waals surface area contributed by atoms with Crippen LogP contribution in [0.25, 0.3) is 0 Å². The normalized spacial score (nSPS) is 9.75.